The maximum absolute atomic E-state index is 4.20. The van der Waals surface area contributed by atoms with E-state index in [1.807, 2.05) is 7.05 Å². The van der Waals surface area contributed by atoms with Gasteiger partial charge in [0.25, 0.3) is 0 Å². The zero-order chi connectivity index (χ0) is 15.1. The first kappa shape index (κ1) is 18.4. The standard InChI is InChI=1S/C15H22N6.HI/c1-12-4-6-13(7-5-12)8-9-17-15(16-2)18-10-14-19-11-20-21(14)3;/h4-7,11H,8-10H2,1-3H3,(H2,16,17,18);1H. The van der Waals surface area contributed by atoms with Crippen molar-refractivity contribution >= 4 is 29.9 Å². The van der Waals surface area contributed by atoms with Gasteiger partial charge in [-0.25, -0.2) is 4.98 Å². The van der Waals surface area contributed by atoms with E-state index >= 15 is 0 Å². The normalized spacial score (nSPS) is 11.0. The van der Waals surface area contributed by atoms with Gasteiger partial charge in [-0.3, -0.25) is 9.67 Å². The van der Waals surface area contributed by atoms with E-state index in [2.05, 4.69) is 56.9 Å². The van der Waals surface area contributed by atoms with Gasteiger partial charge in [0.15, 0.2) is 5.96 Å². The number of hydrogen-bond acceptors (Lipinski definition) is 3. The smallest absolute Gasteiger partial charge is 0.191 e. The minimum absolute atomic E-state index is 0. The van der Waals surface area contributed by atoms with Crippen LogP contribution in [0.5, 0.6) is 0 Å². The lowest BCUT2D eigenvalue weighted by molar-refractivity contribution is 0.672. The van der Waals surface area contributed by atoms with Crippen LogP contribution in [0.25, 0.3) is 0 Å². The van der Waals surface area contributed by atoms with Gasteiger partial charge in [-0.15, -0.1) is 24.0 Å². The first-order valence-electron chi connectivity index (χ1n) is 7.02. The predicted octanol–water partition coefficient (Wildman–Crippen LogP) is 1.65. The monoisotopic (exact) mass is 414 g/mol. The molecule has 2 rings (SSSR count). The van der Waals surface area contributed by atoms with Crippen molar-refractivity contribution in [1.82, 2.24) is 25.4 Å². The molecule has 0 unspecified atom stereocenters. The van der Waals surface area contributed by atoms with Crippen LogP contribution in [0.3, 0.4) is 0 Å². The fraction of sp³-hybridized carbons (Fsp3) is 0.400. The maximum Gasteiger partial charge on any atom is 0.191 e. The first-order chi connectivity index (χ1) is 10.2. The van der Waals surface area contributed by atoms with Crippen molar-refractivity contribution < 1.29 is 0 Å². The zero-order valence-corrected chi connectivity index (χ0v) is 15.5. The molecule has 1 heterocycles. The molecule has 0 saturated heterocycles. The topological polar surface area (TPSA) is 67.1 Å². The van der Waals surface area contributed by atoms with Crippen LogP contribution in [0.2, 0.25) is 0 Å². The molecule has 2 aromatic rings. The molecule has 2 N–H and O–H groups in total. The predicted molar refractivity (Wildman–Crippen MR) is 99.5 cm³/mol. The fourth-order valence-electron chi connectivity index (χ4n) is 1.94. The van der Waals surface area contributed by atoms with Crippen molar-refractivity contribution in [3.8, 4) is 0 Å². The molecule has 0 fully saturated rings. The quantitative estimate of drug-likeness (QED) is 0.444. The molecule has 0 amide bonds. The lowest BCUT2D eigenvalue weighted by atomic mass is 10.1. The number of aromatic nitrogens is 3. The highest BCUT2D eigenvalue weighted by atomic mass is 127. The lowest BCUT2D eigenvalue weighted by Gasteiger charge is -2.11. The number of benzene rings is 1. The van der Waals surface area contributed by atoms with Crippen LogP contribution in [0.1, 0.15) is 17.0 Å². The molecule has 22 heavy (non-hydrogen) atoms. The van der Waals surface area contributed by atoms with Crippen LogP contribution >= 0.6 is 24.0 Å². The summed E-state index contributed by atoms with van der Waals surface area (Å²) in [6.45, 7) is 3.53. The molecule has 0 bridgehead atoms. The average molecular weight is 414 g/mol. The summed E-state index contributed by atoms with van der Waals surface area (Å²) in [6.07, 6.45) is 2.51. The van der Waals surface area contributed by atoms with E-state index in [9.17, 15) is 0 Å². The zero-order valence-electron chi connectivity index (χ0n) is 13.2. The Labute approximate surface area is 148 Å². The van der Waals surface area contributed by atoms with Gasteiger partial charge in [0, 0.05) is 20.6 Å². The molecular weight excluding hydrogens is 391 g/mol. The SMILES string of the molecule is CN=C(NCCc1ccc(C)cc1)NCc1ncnn1C.I. The van der Waals surface area contributed by atoms with Crippen LogP contribution in [0, 0.1) is 6.92 Å². The Morgan fingerprint density at radius 3 is 2.55 bits per heavy atom. The van der Waals surface area contributed by atoms with E-state index in [-0.39, 0.29) is 24.0 Å². The molecule has 1 aromatic carbocycles. The highest BCUT2D eigenvalue weighted by Crippen LogP contribution is 2.03. The molecule has 0 aliphatic carbocycles. The highest BCUT2D eigenvalue weighted by Gasteiger charge is 2.02. The molecule has 6 nitrogen and oxygen atoms in total. The van der Waals surface area contributed by atoms with Crippen molar-refractivity contribution in [1.29, 1.82) is 0 Å². The van der Waals surface area contributed by atoms with Crippen molar-refractivity contribution in [3.63, 3.8) is 0 Å². The van der Waals surface area contributed by atoms with Gasteiger partial charge in [-0.1, -0.05) is 29.8 Å². The van der Waals surface area contributed by atoms with E-state index in [1.165, 1.54) is 11.1 Å². The summed E-state index contributed by atoms with van der Waals surface area (Å²) in [4.78, 5) is 8.36. The van der Waals surface area contributed by atoms with Crippen molar-refractivity contribution in [2.75, 3.05) is 13.6 Å². The fourth-order valence-corrected chi connectivity index (χ4v) is 1.94. The first-order valence-corrected chi connectivity index (χ1v) is 7.02. The molecular formula is C15H23IN6. The van der Waals surface area contributed by atoms with Crippen LogP contribution in [-0.4, -0.2) is 34.3 Å². The van der Waals surface area contributed by atoms with Gasteiger partial charge in [0.05, 0.1) is 6.54 Å². The van der Waals surface area contributed by atoms with Gasteiger partial charge in [-0.2, -0.15) is 5.10 Å². The third-order valence-corrected chi connectivity index (χ3v) is 3.27. The van der Waals surface area contributed by atoms with E-state index in [0.717, 1.165) is 24.7 Å². The van der Waals surface area contributed by atoms with E-state index in [1.54, 1.807) is 18.1 Å². The molecule has 0 radical (unpaired) electrons. The maximum atomic E-state index is 4.20. The number of nitrogens with one attached hydrogen (secondary N) is 2. The molecule has 0 spiro atoms. The second kappa shape index (κ2) is 9.39. The Balaban J connectivity index is 0.00000242. The largest absolute Gasteiger partial charge is 0.356 e. The van der Waals surface area contributed by atoms with Crippen LogP contribution in [0.4, 0.5) is 0 Å². The second-order valence-electron chi connectivity index (χ2n) is 4.89. The Kier molecular flexibility index (Phi) is 7.86. The number of hydrogen-bond donors (Lipinski definition) is 2. The van der Waals surface area contributed by atoms with E-state index in [0.29, 0.717) is 6.54 Å². The number of aliphatic imine (C=N–C) groups is 1. The van der Waals surface area contributed by atoms with Gasteiger partial charge < -0.3 is 10.6 Å². The van der Waals surface area contributed by atoms with Crippen LogP contribution in [0.15, 0.2) is 35.6 Å². The van der Waals surface area contributed by atoms with Crippen molar-refractivity contribution in [2.24, 2.45) is 12.0 Å². The van der Waals surface area contributed by atoms with Crippen LogP contribution < -0.4 is 10.6 Å². The molecule has 120 valence electrons. The van der Waals surface area contributed by atoms with Crippen LogP contribution in [-0.2, 0) is 20.0 Å². The summed E-state index contributed by atoms with van der Waals surface area (Å²) in [5, 5.41) is 10.6. The number of halogens is 1. The summed E-state index contributed by atoms with van der Waals surface area (Å²) in [5.74, 6) is 1.64. The number of rotatable bonds is 5. The van der Waals surface area contributed by atoms with Gasteiger partial charge in [0.1, 0.15) is 12.2 Å². The molecule has 7 heteroatoms. The molecule has 1 aromatic heterocycles. The molecule has 0 saturated carbocycles. The number of guanidine groups is 1. The third kappa shape index (κ3) is 5.63. The third-order valence-electron chi connectivity index (χ3n) is 3.27. The summed E-state index contributed by atoms with van der Waals surface area (Å²) >= 11 is 0. The number of nitrogens with zero attached hydrogens (tertiary/aromatic N) is 4. The Hall–Kier alpha value is -1.64. The Morgan fingerprint density at radius 1 is 1.23 bits per heavy atom. The van der Waals surface area contributed by atoms with Crippen molar-refractivity contribution in [3.05, 3.63) is 47.5 Å². The van der Waals surface area contributed by atoms with Crippen molar-refractivity contribution in [2.45, 2.75) is 19.9 Å². The summed E-state index contributed by atoms with van der Waals surface area (Å²) in [7, 11) is 3.63. The minimum atomic E-state index is 0. The van der Waals surface area contributed by atoms with Gasteiger partial charge >= 0.3 is 0 Å². The Morgan fingerprint density at radius 2 is 1.95 bits per heavy atom. The molecule has 0 aliphatic heterocycles. The summed E-state index contributed by atoms with van der Waals surface area (Å²) in [6, 6.07) is 8.59. The minimum Gasteiger partial charge on any atom is -0.356 e. The van der Waals surface area contributed by atoms with Gasteiger partial charge in [-0.05, 0) is 18.9 Å². The average Bonchev–Trinajstić information content (AvgIpc) is 2.90. The number of aryl methyl sites for hydroxylation is 2. The molecule has 0 atom stereocenters. The highest BCUT2D eigenvalue weighted by molar-refractivity contribution is 14.0. The summed E-state index contributed by atoms with van der Waals surface area (Å²) in [5.41, 5.74) is 2.60. The van der Waals surface area contributed by atoms with E-state index < -0.39 is 0 Å². The lowest BCUT2D eigenvalue weighted by Crippen LogP contribution is -2.38. The van der Waals surface area contributed by atoms with E-state index in [4.69, 9.17) is 0 Å². The Bertz CT molecular complexity index is 590. The summed E-state index contributed by atoms with van der Waals surface area (Å²) < 4.78 is 1.74. The molecule has 0 aliphatic rings. The second-order valence-corrected chi connectivity index (χ2v) is 4.89. The van der Waals surface area contributed by atoms with Gasteiger partial charge in [0.2, 0.25) is 0 Å².